The van der Waals surface area contributed by atoms with E-state index >= 15 is 0 Å². The van der Waals surface area contributed by atoms with Gasteiger partial charge in [-0.15, -0.1) is 0 Å². The second kappa shape index (κ2) is 8.41. The van der Waals surface area contributed by atoms with E-state index < -0.39 is 0 Å². The van der Waals surface area contributed by atoms with E-state index in [1.165, 1.54) is 37.2 Å². The summed E-state index contributed by atoms with van der Waals surface area (Å²) in [7, 11) is 2.25. The van der Waals surface area contributed by atoms with Gasteiger partial charge in [0.15, 0.2) is 0 Å². The van der Waals surface area contributed by atoms with Gasteiger partial charge in [0.25, 0.3) is 0 Å². The maximum Gasteiger partial charge on any atom is 0.0547 e. The molecule has 1 aromatic heterocycles. The first kappa shape index (κ1) is 17.1. The molecule has 2 aromatic rings. The minimum absolute atomic E-state index is 0.636. The molecule has 2 heterocycles. The van der Waals surface area contributed by atoms with Crippen LogP contribution in [0.4, 0.5) is 0 Å². The summed E-state index contributed by atoms with van der Waals surface area (Å²) >= 11 is 0. The first-order valence-electron chi connectivity index (χ1n) is 9.10. The van der Waals surface area contributed by atoms with Crippen LogP contribution in [-0.4, -0.2) is 47.5 Å². The van der Waals surface area contributed by atoms with Crippen LogP contribution in [0.3, 0.4) is 0 Å². The summed E-state index contributed by atoms with van der Waals surface area (Å²) in [5, 5.41) is 0. The smallest absolute Gasteiger partial charge is 0.0547 e. The number of aryl methyl sites for hydroxylation is 1. The Hall–Kier alpha value is -1.71. The Morgan fingerprint density at radius 2 is 1.96 bits per heavy atom. The third kappa shape index (κ3) is 4.89. The van der Waals surface area contributed by atoms with Crippen molar-refractivity contribution in [2.24, 2.45) is 0 Å². The SMILES string of the molecule is Cc1cccc(CN(C)C2CCCN(CCc3ccccc3)C2)n1. The van der Waals surface area contributed by atoms with Gasteiger partial charge >= 0.3 is 0 Å². The minimum atomic E-state index is 0.636. The third-order valence-electron chi connectivity index (χ3n) is 5.02. The van der Waals surface area contributed by atoms with Gasteiger partial charge in [-0.3, -0.25) is 9.88 Å². The van der Waals surface area contributed by atoms with Crippen molar-refractivity contribution in [3.8, 4) is 0 Å². The van der Waals surface area contributed by atoms with Crippen LogP contribution in [-0.2, 0) is 13.0 Å². The molecule has 1 aliphatic rings. The molecule has 0 radical (unpaired) electrons. The van der Waals surface area contributed by atoms with Crippen molar-refractivity contribution < 1.29 is 0 Å². The number of benzene rings is 1. The Morgan fingerprint density at radius 1 is 1.12 bits per heavy atom. The lowest BCUT2D eigenvalue weighted by Gasteiger charge is -2.37. The van der Waals surface area contributed by atoms with Gasteiger partial charge in [-0.25, -0.2) is 0 Å². The Morgan fingerprint density at radius 3 is 2.75 bits per heavy atom. The first-order chi connectivity index (χ1) is 11.7. The van der Waals surface area contributed by atoms with E-state index in [0.29, 0.717) is 6.04 Å². The zero-order valence-corrected chi connectivity index (χ0v) is 15.0. The average Bonchev–Trinajstić information content (AvgIpc) is 2.61. The fraction of sp³-hybridized carbons (Fsp3) is 0.476. The number of nitrogens with zero attached hydrogens (tertiary/aromatic N) is 3. The van der Waals surface area contributed by atoms with Gasteiger partial charge in [0.05, 0.1) is 5.69 Å². The molecule has 0 N–H and O–H groups in total. The van der Waals surface area contributed by atoms with Gasteiger partial charge in [0, 0.05) is 31.4 Å². The van der Waals surface area contributed by atoms with Crippen LogP contribution in [0.1, 0.15) is 29.8 Å². The van der Waals surface area contributed by atoms with E-state index in [1.807, 2.05) is 0 Å². The Balaban J connectivity index is 1.51. The largest absolute Gasteiger partial charge is 0.301 e. The molecule has 1 atom stereocenters. The highest BCUT2D eigenvalue weighted by Crippen LogP contribution is 2.17. The van der Waals surface area contributed by atoms with Crippen molar-refractivity contribution in [1.29, 1.82) is 0 Å². The Labute approximate surface area is 146 Å². The molecule has 3 heteroatoms. The Bertz CT molecular complexity index is 626. The maximum absolute atomic E-state index is 4.65. The number of rotatable bonds is 6. The molecule has 0 saturated carbocycles. The quantitative estimate of drug-likeness (QED) is 0.811. The maximum atomic E-state index is 4.65. The molecule has 128 valence electrons. The molecule has 0 bridgehead atoms. The van der Waals surface area contributed by atoms with Gasteiger partial charge in [-0.05, 0) is 57.5 Å². The van der Waals surface area contributed by atoms with Crippen LogP contribution in [0.15, 0.2) is 48.5 Å². The van der Waals surface area contributed by atoms with Gasteiger partial charge < -0.3 is 4.90 Å². The van der Waals surface area contributed by atoms with Gasteiger partial charge in [0.1, 0.15) is 0 Å². The van der Waals surface area contributed by atoms with Gasteiger partial charge in [0.2, 0.25) is 0 Å². The van der Waals surface area contributed by atoms with Crippen LogP contribution < -0.4 is 0 Å². The molecule has 1 unspecified atom stereocenters. The predicted octanol–water partition coefficient (Wildman–Crippen LogP) is 3.53. The summed E-state index contributed by atoms with van der Waals surface area (Å²) in [5.74, 6) is 0. The summed E-state index contributed by atoms with van der Waals surface area (Å²) in [6.07, 6.45) is 3.74. The van der Waals surface area contributed by atoms with Crippen molar-refractivity contribution in [2.45, 2.75) is 38.8 Å². The molecule has 1 saturated heterocycles. The molecule has 1 fully saturated rings. The van der Waals surface area contributed by atoms with Crippen LogP contribution in [0.2, 0.25) is 0 Å². The number of hydrogen-bond donors (Lipinski definition) is 0. The van der Waals surface area contributed by atoms with E-state index in [1.54, 1.807) is 0 Å². The monoisotopic (exact) mass is 323 g/mol. The van der Waals surface area contributed by atoms with Crippen molar-refractivity contribution in [1.82, 2.24) is 14.8 Å². The molecular weight excluding hydrogens is 294 g/mol. The fourth-order valence-electron chi connectivity index (χ4n) is 3.60. The normalized spacial score (nSPS) is 18.9. The summed E-state index contributed by atoms with van der Waals surface area (Å²) in [6.45, 7) is 6.58. The molecule has 0 amide bonds. The van der Waals surface area contributed by atoms with Crippen molar-refractivity contribution in [3.05, 3.63) is 65.5 Å². The van der Waals surface area contributed by atoms with Crippen LogP contribution in [0.25, 0.3) is 0 Å². The average molecular weight is 323 g/mol. The van der Waals surface area contributed by atoms with Crippen LogP contribution >= 0.6 is 0 Å². The second-order valence-corrected chi connectivity index (χ2v) is 7.02. The standard InChI is InChI=1S/C21H29N3/c1-18-8-6-11-20(22-18)16-23(2)21-12-7-14-24(17-21)15-13-19-9-4-3-5-10-19/h3-6,8-11,21H,7,12-17H2,1-2H3. The number of hydrogen-bond acceptors (Lipinski definition) is 3. The highest BCUT2D eigenvalue weighted by molar-refractivity contribution is 5.15. The molecule has 1 aliphatic heterocycles. The zero-order valence-electron chi connectivity index (χ0n) is 15.0. The summed E-state index contributed by atoms with van der Waals surface area (Å²) in [4.78, 5) is 9.76. The number of likely N-dealkylation sites (tertiary alicyclic amines) is 1. The lowest BCUT2D eigenvalue weighted by atomic mass is 10.0. The lowest BCUT2D eigenvalue weighted by Crippen LogP contribution is -2.46. The van der Waals surface area contributed by atoms with Crippen molar-refractivity contribution >= 4 is 0 Å². The van der Waals surface area contributed by atoms with Crippen molar-refractivity contribution in [2.75, 3.05) is 26.7 Å². The molecule has 3 rings (SSSR count). The number of piperidine rings is 1. The third-order valence-corrected chi connectivity index (χ3v) is 5.02. The highest BCUT2D eigenvalue weighted by Gasteiger charge is 2.23. The van der Waals surface area contributed by atoms with Crippen molar-refractivity contribution in [3.63, 3.8) is 0 Å². The lowest BCUT2D eigenvalue weighted by molar-refractivity contribution is 0.112. The van der Waals surface area contributed by atoms with E-state index in [2.05, 4.69) is 77.3 Å². The summed E-state index contributed by atoms with van der Waals surface area (Å²) in [6, 6.07) is 17.8. The van der Waals surface area contributed by atoms with E-state index in [0.717, 1.165) is 25.2 Å². The zero-order chi connectivity index (χ0) is 16.8. The number of aromatic nitrogens is 1. The van der Waals surface area contributed by atoms with Crippen LogP contribution in [0.5, 0.6) is 0 Å². The van der Waals surface area contributed by atoms with E-state index in [-0.39, 0.29) is 0 Å². The first-order valence-corrected chi connectivity index (χ1v) is 9.10. The fourth-order valence-corrected chi connectivity index (χ4v) is 3.60. The molecule has 0 spiro atoms. The number of pyridine rings is 1. The Kier molecular flexibility index (Phi) is 6.00. The minimum Gasteiger partial charge on any atom is -0.301 e. The predicted molar refractivity (Wildman–Crippen MR) is 100 cm³/mol. The molecular formula is C21H29N3. The highest BCUT2D eigenvalue weighted by atomic mass is 15.2. The second-order valence-electron chi connectivity index (χ2n) is 7.02. The topological polar surface area (TPSA) is 19.4 Å². The van der Waals surface area contributed by atoms with Gasteiger partial charge in [-0.1, -0.05) is 36.4 Å². The summed E-state index contributed by atoms with van der Waals surface area (Å²) < 4.78 is 0. The number of likely N-dealkylation sites (N-methyl/N-ethyl adjacent to an activating group) is 1. The van der Waals surface area contributed by atoms with E-state index in [9.17, 15) is 0 Å². The van der Waals surface area contributed by atoms with Gasteiger partial charge in [-0.2, -0.15) is 0 Å². The van der Waals surface area contributed by atoms with E-state index in [4.69, 9.17) is 0 Å². The molecule has 0 aliphatic carbocycles. The van der Waals surface area contributed by atoms with Crippen LogP contribution in [0, 0.1) is 6.92 Å². The molecule has 3 nitrogen and oxygen atoms in total. The summed E-state index contributed by atoms with van der Waals surface area (Å²) in [5.41, 5.74) is 3.73. The molecule has 24 heavy (non-hydrogen) atoms. The molecule has 1 aromatic carbocycles.